The number of hydrogen-bond acceptors (Lipinski definition) is 1. The molecule has 3 heteroatoms. The van der Waals surface area contributed by atoms with Gasteiger partial charge in [-0.15, -0.1) is 0 Å². The van der Waals surface area contributed by atoms with Gasteiger partial charge in [0.05, 0.1) is 0 Å². The molecule has 1 fully saturated rings. The van der Waals surface area contributed by atoms with E-state index in [0.717, 1.165) is 18.9 Å². The molecule has 1 aromatic carbocycles. The van der Waals surface area contributed by atoms with Gasteiger partial charge in [-0.1, -0.05) is 0 Å². The maximum Gasteiger partial charge on any atom is 0.128 e. The Kier molecular flexibility index (Phi) is 2.27. The van der Waals surface area contributed by atoms with Crippen LogP contribution < -0.4 is 5.32 Å². The maximum absolute atomic E-state index is 13.2. The van der Waals surface area contributed by atoms with Gasteiger partial charge in [-0.3, -0.25) is 0 Å². The molecule has 1 aliphatic rings. The van der Waals surface area contributed by atoms with E-state index in [0.29, 0.717) is 5.56 Å². The highest BCUT2D eigenvalue weighted by molar-refractivity contribution is 5.23. The summed E-state index contributed by atoms with van der Waals surface area (Å²) < 4.78 is 26.0. The van der Waals surface area contributed by atoms with E-state index in [2.05, 4.69) is 5.32 Å². The van der Waals surface area contributed by atoms with E-state index in [9.17, 15) is 8.78 Å². The Bertz CT molecular complexity index is 306. The predicted molar refractivity (Wildman–Crippen MR) is 45.8 cm³/mol. The molecule has 0 unspecified atom stereocenters. The molecule has 1 aliphatic heterocycles. The van der Waals surface area contributed by atoms with Gasteiger partial charge in [0.25, 0.3) is 0 Å². The summed E-state index contributed by atoms with van der Waals surface area (Å²) in [6, 6.07) is 3.50. The fourth-order valence-corrected chi connectivity index (χ4v) is 1.59. The molecule has 0 aromatic heterocycles. The maximum atomic E-state index is 13.2. The van der Waals surface area contributed by atoms with Crippen LogP contribution in [0.15, 0.2) is 18.2 Å². The van der Waals surface area contributed by atoms with Crippen molar-refractivity contribution >= 4 is 0 Å². The Morgan fingerprint density at radius 1 is 1.31 bits per heavy atom. The monoisotopic (exact) mass is 182 g/mol. The third-order valence-electron chi connectivity index (χ3n) is 2.25. The van der Waals surface area contributed by atoms with Crippen LogP contribution in [0.1, 0.15) is 24.4 Å². The summed E-state index contributed by atoms with van der Waals surface area (Å²) in [6.45, 7) is 1.88. The van der Waals surface area contributed by atoms with Crippen molar-refractivity contribution in [3.8, 4) is 0 Å². The van der Waals surface area contributed by atoms with Gasteiger partial charge in [0, 0.05) is 18.2 Å². The standard InChI is InChI=1S/C10H10F2N/c11-7-3-4-9(12)8(6-7)10-2-1-5-13-10/h3-6,10,13H,1-2H2/t10-/m0/s1. The Labute approximate surface area is 75.8 Å². The van der Waals surface area contributed by atoms with Gasteiger partial charge in [-0.05, 0) is 31.0 Å². The Balaban J connectivity index is 2.32. The van der Waals surface area contributed by atoms with Crippen molar-refractivity contribution in [3.05, 3.63) is 41.9 Å². The lowest BCUT2D eigenvalue weighted by Crippen LogP contribution is -2.11. The lowest BCUT2D eigenvalue weighted by atomic mass is 10.0. The fraction of sp³-hybridized carbons (Fsp3) is 0.300. The number of hydrogen-bond donors (Lipinski definition) is 1. The normalized spacial score (nSPS) is 22.2. The van der Waals surface area contributed by atoms with Crippen LogP contribution >= 0.6 is 0 Å². The third-order valence-corrected chi connectivity index (χ3v) is 2.25. The molecule has 1 nitrogen and oxygen atoms in total. The number of nitrogens with one attached hydrogen (secondary N) is 1. The first-order valence-corrected chi connectivity index (χ1v) is 4.30. The molecule has 0 amide bonds. The Morgan fingerprint density at radius 3 is 2.85 bits per heavy atom. The van der Waals surface area contributed by atoms with Crippen molar-refractivity contribution < 1.29 is 8.78 Å². The topological polar surface area (TPSA) is 12.0 Å². The van der Waals surface area contributed by atoms with E-state index in [1.54, 1.807) is 0 Å². The molecule has 1 N–H and O–H groups in total. The highest BCUT2D eigenvalue weighted by Crippen LogP contribution is 2.27. The molecule has 69 valence electrons. The molecule has 0 saturated carbocycles. The van der Waals surface area contributed by atoms with Gasteiger partial charge in [0.2, 0.25) is 0 Å². The number of rotatable bonds is 1. The van der Waals surface area contributed by atoms with E-state index in [4.69, 9.17) is 0 Å². The van der Waals surface area contributed by atoms with Gasteiger partial charge in [-0.25, -0.2) is 8.78 Å². The van der Waals surface area contributed by atoms with Crippen molar-refractivity contribution in [2.24, 2.45) is 0 Å². The van der Waals surface area contributed by atoms with Crippen LogP contribution in [0.4, 0.5) is 8.78 Å². The summed E-state index contributed by atoms with van der Waals surface area (Å²) in [6.07, 6.45) is 1.74. The van der Waals surface area contributed by atoms with E-state index >= 15 is 0 Å². The number of benzene rings is 1. The summed E-state index contributed by atoms with van der Waals surface area (Å²) in [4.78, 5) is 0. The smallest absolute Gasteiger partial charge is 0.128 e. The summed E-state index contributed by atoms with van der Waals surface area (Å²) in [7, 11) is 0. The SMILES string of the molecule is Fc1ccc(F)c([C@@H]2CC[CH]N2)c1. The zero-order valence-electron chi connectivity index (χ0n) is 7.06. The highest BCUT2D eigenvalue weighted by atomic mass is 19.1. The second-order valence-electron chi connectivity index (χ2n) is 3.17. The van der Waals surface area contributed by atoms with Gasteiger partial charge in [-0.2, -0.15) is 0 Å². The van der Waals surface area contributed by atoms with Crippen LogP contribution in [0, 0.1) is 18.2 Å². The van der Waals surface area contributed by atoms with E-state index in [1.807, 2.05) is 6.54 Å². The lowest BCUT2D eigenvalue weighted by molar-refractivity contribution is 0.547. The van der Waals surface area contributed by atoms with Crippen molar-refractivity contribution in [3.63, 3.8) is 0 Å². The van der Waals surface area contributed by atoms with Crippen molar-refractivity contribution in [2.75, 3.05) is 0 Å². The van der Waals surface area contributed by atoms with Crippen LogP contribution in [-0.4, -0.2) is 0 Å². The second kappa shape index (κ2) is 3.42. The van der Waals surface area contributed by atoms with E-state index in [1.165, 1.54) is 12.1 Å². The van der Waals surface area contributed by atoms with Crippen molar-refractivity contribution in [1.82, 2.24) is 5.32 Å². The molecular formula is C10H10F2N. The van der Waals surface area contributed by atoms with Crippen molar-refractivity contribution in [1.29, 1.82) is 0 Å². The molecule has 1 radical (unpaired) electrons. The summed E-state index contributed by atoms with van der Waals surface area (Å²) >= 11 is 0. The first-order valence-electron chi connectivity index (χ1n) is 4.30. The third kappa shape index (κ3) is 1.70. The largest absolute Gasteiger partial charge is 0.306 e. The second-order valence-corrected chi connectivity index (χ2v) is 3.17. The average molecular weight is 182 g/mol. The average Bonchev–Trinajstić information content (AvgIpc) is 2.61. The Morgan fingerprint density at radius 2 is 2.15 bits per heavy atom. The molecule has 1 saturated heterocycles. The summed E-state index contributed by atoms with van der Waals surface area (Å²) in [5.74, 6) is -0.723. The first kappa shape index (κ1) is 8.63. The van der Waals surface area contributed by atoms with Crippen LogP contribution in [0.25, 0.3) is 0 Å². The van der Waals surface area contributed by atoms with Crippen LogP contribution in [0.3, 0.4) is 0 Å². The molecule has 1 atom stereocenters. The Hall–Kier alpha value is -0.960. The minimum absolute atomic E-state index is 0.0595. The van der Waals surface area contributed by atoms with E-state index in [-0.39, 0.29) is 17.7 Å². The first-order chi connectivity index (χ1) is 6.27. The molecular weight excluding hydrogens is 172 g/mol. The van der Waals surface area contributed by atoms with Crippen LogP contribution in [0.5, 0.6) is 0 Å². The highest BCUT2D eigenvalue weighted by Gasteiger charge is 2.19. The van der Waals surface area contributed by atoms with Gasteiger partial charge in [0.1, 0.15) is 11.6 Å². The molecule has 13 heavy (non-hydrogen) atoms. The van der Waals surface area contributed by atoms with Gasteiger partial charge < -0.3 is 5.32 Å². The minimum Gasteiger partial charge on any atom is -0.306 e. The summed E-state index contributed by atoms with van der Waals surface area (Å²) in [5, 5.41) is 3.01. The summed E-state index contributed by atoms with van der Waals surface area (Å²) in [5.41, 5.74) is 0.425. The van der Waals surface area contributed by atoms with Crippen LogP contribution in [-0.2, 0) is 0 Å². The molecule has 0 bridgehead atoms. The zero-order valence-corrected chi connectivity index (χ0v) is 7.06. The molecule has 2 rings (SSSR count). The molecule has 1 aromatic rings. The lowest BCUT2D eigenvalue weighted by Gasteiger charge is -2.10. The number of halogens is 2. The van der Waals surface area contributed by atoms with Gasteiger partial charge in [0.15, 0.2) is 0 Å². The van der Waals surface area contributed by atoms with Gasteiger partial charge >= 0.3 is 0 Å². The van der Waals surface area contributed by atoms with Crippen molar-refractivity contribution in [2.45, 2.75) is 18.9 Å². The van der Waals surface area contributed by atoms with Crippen LogP contribution in [0.2, 0.25) is 0 Å². The molecule has 0 spiro atoms. The fourth-order valence-electron chi connectivity index (χ4n) is 1.59. The molecule has 1 heterocycles. The van der Waals surface area contributed by atoms with E-state index < -0.39 is 0 Å². The predicted octanol–water partition coefficient (Wildman–Crippen LogP) is 2.55. The minimum atomic E-state index is -0.384. The molecule has 0 aliphatic carbocycles. The quantitative estimate of drug-likeness (QED) is 0.703. The zero-order chi connectivity index (χ0) is 9.26.